The Morgan fingerprint density at radius 3 is 2.16 bits per heavy atom. The maximum absolute atomic E-state index is 13.3. The van der Waals surface area contributed by atoms with Crippen LogP contribution in [0.1, 0.15) is 96.0 Å². The molecule has 11 nitrogen and oxygen atoms in total. The van der Waals surface area contributed by atoms with E-state index in [-0.39, 0.29) is 12.2 Å². The number of carboxylic acid groups (broad SMARTS) is 3. The van der Waals surface area contributed by atoms with Crippen LogP contribution in [0.2, 0.25) is 0 Å². The summed E-state index contributed by atoms with van der Waals surface area (Å²) in [6, 6.07) is 5.71. The van der Waals surface area contributed by atoms with Gasteiger partial charge in [0.25, 0.3) is 0 Å². The van der Waals surface area contributed by atoms with Crippen molar-refractivity contribution in [1.29, 1.82) is 0 Å². The van der Waals surface area contributed by atoms with Crippen LogP contribution in [0.3, 0.4) is 0 Å². The van der Waals surface area contributed by atoms with Crippen LogP contribution in [0.5, 0.6) is 0 Å². The van der Waals surface area contributed by atoms with Gasteiger partial charge < -0.3 is 30.7 Å². The molecule has 11 heteroatoms. The normalized spacial score (nSPS) is 14.2. The molecule has 1 aromatic heterocycles. The number of nitrogens with one attached hydrogen (secondary N) is 2. The van der Waals surface area contributed by atoms with Crippen LogP contribution in [0.15, 0.2) is 42.6 Å². The lowest BCUT2D eigenvalue weighted by Crippen LogP contribution is -2.55. The third kappa shape index (κ3) is 11.6. The maximum atomic E-state index is 13.3. The number of unbranched alkanes of at least 4 members (excludes halogenated alkanes) is 8. The highest BCUT2D eigenvalue weighted by Crippen LogP contribution is 2.26. The summed E-state index contributed by atoms with van der Waals surface area (Å²) in [6.45, 7) is 2.15. The molecule has 0 aliphatic rings. The largest absolute Gasteiger partial charge is 0.481 e. The Morgan fingerprint density at radius 2 is 1.55 bits per heavy atom. The van der Waals surface area contributed by atoms with Crippen molar-refractivity contribution in [2.45, 2.75) is 108 Å². The third-order valence-corrected chi connectivity index (χ3v) is 7.77. The minimum absolute atomic E-state index is 0.132. The van der Waals surface area contributed by atoms with Crippen molar-refractivity contribution in [2.75, 3.05) is 0 Å². The highest BCUT2D eigenvalue weighted by atomic mass is 16.4. The summed E-state index contributed by atoms with van der Waals surface area (Å²) in [6.07, 6.45) is 13.0. The first-order valence-electron chi connectivity index (χ1n) is 15.4. The van der Waals surface area contributed by atoms with Crippen molar-refractivity contribution in [3.63, 3.8) is 0 Å². The van der Waals surface area contributed by atoms with E-state index >= 15 is 0 Å². The second kappa shape index (κ2) is 18.6. The Labute approximate surface area is 257 Å². The monoisotopic (exact) mass is 614 g/mol. The number of rotatable bonds is 23. The van der Waals surface area contributed by atoms with E-state index in [1.54, 1.807) is 18.3 Å². The van der Waals surface area contributed by atoms with Crippen LogP contribution in [-0.4, -0.2) is 66.7 Å². The van der Waals surface area contributed by atoms with Gasteiger partial charge in [-0.1, -0.05) is 75.8 Å². The fourth-order valence-electron chi connectivity index (χ4n) is 5.22. The van der Waals surface area contributed by atoms with Gasteiger partial charge in [-0.2, -0.15) is 0 Å². The average molecular weight is 615 g/mol. The Hall–Kier alpha value is -3.99. The van der Waals surface area contributed by atoms with Crippen LogP contribution >= 0.6 is 0 Å². The number of ketones is 1. The van der Waals surface area contributed by atoms with Gasteiger partial charge in [0.2, 0.25) is 5.91 Å². The number of fused-ring (bicyclic) bond motifs is 1. The van der Waals surface area contributed by atoms with Gasteiger partial charge in [-0.15, -0.1) is 0 Å². The lowest BCUT2D eigenvalue weighted by molar-refractivity contribution is -0.172. The number of allylic oxidation sites excluding steroid dienone is 1. The van der Waals surface area contributed by atoms with Gasteiger partial charge in [-0.05, 0) is 37.3 Å². The minimum atomic E-state index is -3.01. The summed E-state index contributed by atoms with van der Waals surface area (Å²) in [4.78, 5) is 63.9. The number of aromatic nitrogens is 1. The van der Waals surface area contributed by atoms with Gasteiger partial charge in [-0.3, -0.25) is 14.4 Å². The van der Waals surface area contributed by atoms with Crippen molar-refractivity contribution in [3.8, 4) is 0 Å². The predicted molar refractivity (Wildman–Crippen MR) is 165 cm³/mol. The number of aromatic amines is 1. The molecule has 2 rings (SSSR count). The molecule has 6 N–H and O–H groups in total. The van der Waals surface area contributed by atoms with Crippen molar-refractivity contribution in [2.24, 2.45) is 5.92 Å². The Bertz CT molecular complexity index is 1290. The van der Waals surface area contributed by atoms with E-state index in [9.17, 15) is 44.4 Å². The number of carbonyl (C=O) groups is 5. The number of benzene rings is 1. The van der Waals surface area contributed by atoms with Crippen molar-refractivity contribution >= 4 is 40.5 Å². The topological polar surface area (TPSA) is 194 Å². The lowest BCUT2D eigenvalue weighted by Gasteiger charge is -2.29. The SMILES string of the molecule is CCCCCCCC(=O)CCCCCCC=C[C@H](C(=O)N[C@@H](Cc1c[nH]c2ccccc12)C(=O)O)[C@@](O)(CC(=O)O)C(=O)O. The lowest BCUT2D eigenvalue weighted by atomic mass is 9.82. The molecule has 0 unspecified atom stereocenters. The van der Waals surface area contributed by atoms with Gasteiger partial charge in [0.1, 0.15) is 11.8 Å². The molecule has 2 aromatic rings. The number of H-pyrrole nitrogens is 1. The Morgan fingerprint density at radius 1 is 0.909 bits per heavy atom. The molecule has 1 aromatic carbocycles. The average Bonchev–Trinajstić information content (AvgIpc) is 3.37. The van der Waals surface area contributed by atoms with Gasteiger partial charge in [0.05, 0.1) is 12.3 Å². The number of amides is 1. The van der Waals surface area contributed by atoms with Crippen LogP contribution < -0.4 is 5.32 Å². The van der Waals surface area contributed by atoms with E-state index in [1.807, 2.05) is 12.1 Å². The third-order valence-electron chi connectivity index (χ3n) is 7.77. The van der Waals surface area contributed by atoms with Gasteiger partial charge in [-0.25, -0.2) is 9.59 Å². The summed E-state index contributed by atoms with van der Waals surface area (Å²) in [7, 11) is 0. The molecule has 0 spiro atoms. The smallest absolute Gasteiger partial charge is 0.337 e. The van der Waals surface area contributed by atoms with Gasteiger partial charge in [0, 0.05) is 36.4 Å². The first-order chi connectivity index (χ1) is 21.0. The molecule has 0 bridgehead atoms. The number of carbonyl (C=O) groups excluding carboxylic acids is 2. The van der Waals surface area contributed by atoms with E-state index in [2.05, 4.69) is 17.2 Å². The maximum Gasteiger partial charge on any atom is 0.337 e. The highest BCUT2D eigenvalue weighted by Gasteiger charge is 2.49. The predicted octanol–water partition coefficient (Wildman–Crippen LogP) is 5.01. The molecule has 1 heterocycles. The van der Waals surface area contributed by atoms with Crippen LogP contribution in [-0.2, 0) is 30.4 Å². The number of carboxylic acids is 3. The second-order valence-corrected chi connectivity index (χ2v) is 11.3. The van der Waals surface area contributed by atoms with E-state index in [1.165, 1.54) is 12.5 Å². The fraction of sp³-hybridized carbons (Fsp3) is 0.545. The molecule has 0 fully saturated rings. The molecular weight excluding hydrogens is 568 g/mol. The summed E-state index contributed by atoms with van der Waals surface area (Å²) < 4.78 is 0. The van der Waals surface area contributed by atoms with E-state index in [4.69, 9.17) is 0 Å². The van der Waals surface area contributed by atoms with Gasteiger partial charge >= 0.3 is 17.9 Å². The zero-order chi connectivity index (χ0) is 32.5. The molecule has 1 amide bonds. The summed E-state index contributed by atoms with van der Waals surface area (Å²) in [5.74, 6) is -7.64. The zero-order valence-electron chi connectivity index (χ0n) is 25.4. The molecule has 0 aliphatic carbocycles. The van der Waals surface area contributed by atoms with Gasteiger partial charge in [0.15, 0.2) is 5.60 Å². The van der Waals surface area contributed by atoms with Crippen molar-refractivity contribution < 1.29 is 44.4 Å². The summed E-state index contributed by atoms with van der Waals surface area (Å²) in [5, 5.41) is 42.8. The van der Waals surface area contributed by atoms with E-state index in [0.717, 1.165) is 61.9 Å². The number of Topliss-reactive ketones (excluding diaryl/α,β-unsaturated/α-hetero) is 1. The quantitative estimate of drug-likeness (QED) is 0.0736. The molecule has 0 saturated heterocycles. The molecule has 0 aliphatic heterocycles. The number of para-hydroxylation sites is 1. The Kier molecular flexibility index (Phi) is 15.3. The van der Waals surface area contributed by atoms with Crippen molar-refractivity contribution in [3.05, 3.63) is 48.2 Å². The van der Waals surface area contributed by atoms with Crippen LogP contribution in [0.4, 0.5) is 0 Å². The first kappa shape index (κ1) is 36.2. The minimum Gasteiger partial charge on any atom is -0.481 e. The number of hydrogen-bond acceptors (Lipinski definition) is 6. The molecule has 0 radical (unpaired) electrons. The number of aliphatic carboxylic acids is 3. The van der Waals surface area contributed by atoms with E-state index in [0.29, 0.717) is 31.2 Å². The zero-order valence-corrected chi connectivity index (χ0v) is 25.4. The summed E-state index contributed by atoms with van der Waals surface area (Å²) in [5.41, 5.74) is -1.63. The van der Waals surface area contributed by atoms with Crippen molar-refractivity contribution in [1.82, 2.24) is 10.3 Å². The fourth-order valence-corrected chi connectivity index (χ4v) is 5.22. The number of hydrogen-bond donors (Lipinski definition) is 6. The summed E-state index contributed by atoms with van der Waals surface area (Å²) >= 11 is 0. The molecule has 0 saturated carbocycles. The standard InChI is InChI=1S/C33H46N2O9/c1-2-3-4-7-10-15-24(36)16-11-8-5-6-9-12-18-26(33(44,32(42)43)21-29(37)38)30(39)35-28(31(40)41)20-23-22-34-27-19-14-13-17-25(23)27/h12-14,17-19,22,26,28,34,44H,2-11,15-16,20-21H2,1H3,(H,35,39)(H,37,38)(H,40,41)(H,42,43)/t26-,28+,33+/m1/s1. The molecule has 3 atom stereocenters. The Balaban J connectivity index is 2.00. The molecular formula is C33H46N2O9. The highest BCUT2D eigenvalue weighted by molar-refractivity contribution is 5.95. The molecule has 242 valence electrons. The van der Waals surface area contributed by atoms with Crippen LogP contribution in [0, 0.1) is 5.92 Å². The van der Waals surface area contributed by atoms with E-state index < -0.39 is 47.8 Å². The second-order valence-electron chi connectivity index (χ2n) is 11.3. The first-order valence-corrected chi connectivity index (χ1v) is 15.4. The van der Waals surface area contributed by atoms with Crippen LogP contribution in [0.25, 0.3) is 10.9 Å². The molecule has 44 heavy (non-hydrogen) atoms. The number of aliphatic hydroxyl groups is 1.